The number of fused-ring (bicyclic) bond motifs is 1. The number of hydrogen-bond donors (Lipinski definition) is 3. The summed E-state index contributed by atoms with van der Waals surface area (Å²) in [5.41, 5.74) is 12.0. The molecule has 0 aliphatic heterocycles. The molecule has 0 fully saturated rings. The summed E-state index contributed by atoms with van der Waals surface area (Å²) < 4.78 is 0. The zero-order valence-electron chi connectivity index (χ0n) is 17.9. The molecular formula is C26H25N5O. The highest BCUT2D eigenvalue weighted by Gasteiger charge is 2.16. The molecule has 2 heterocycles. The first-order valence-electron chi connectivity index (χ1n) is 10.4. The van der Waals surface area contributed by atoms with E-state index in [0.717, 1.165) is 33.3 Å². The van der Waals surface area contributed by atoms with Gasteiger partial charge in [-0.1, -0.05) is 54.6 Å². The first kappa shape index (κ1) is 21.1. The standard InChI is InChI=1S/C26H25N5O/c1-28-24(15-18-5-3-2-4-6-18)23(16-27)26(32)31-17-19-7-9-20(10-8-19)21-11-13-29-25-22(21)12-14-30-25/h2-14,16H,15,17,27H2,1H3,(H,29,30)(H,31,32). The lowest BCUT2D eigenvalue weighted by Crippen LogP contribution is -2.29. The van der Waals surface area contributed by atoms with E-state index in [9.17, 15) is 4.79 Å². The second-order valence-electron chi connectivity index (χ2n) is 7.39. The molecular weight excluding hydrogens is 398 g/mol. The monoisotopic (exact) mass is 423 g/mol. The number of aliphatic imine (C=N–C) groups is 1. The van der Waals surface area contributed by atoms with Crippen LogP contribution in [0.3, 0.4) is 0 Å². The number of aromatic nitrogens is 2. The molecule has 2 aromatic carbocycles. The van der Waals surface area contributed by atoms with Gasteiger partial charge >= 0.3 is 0 Å². The molecule has 0 bridgehead atoms. The van der Waals surface area contributed by atoms with E-state index in [2.05, 4.69) is 32.4 Å². The zero-order valence-corrected chi connectivity index (χ0v) is 17.9. The molecule has 0 spiro atoms. The first-order valence-corrected chi connectivity index (χ1v) is 10.4. The molecule has 4 N–H and O–H groups in total. The van der Waals surface area contributed by atoms with Crippen molar-refractivity contribution in [3.8, 4) is 11.1 Å². The van der Waals surface area contributed by atoms with Crippen LogP contribution in [-0.2, 0) is 17.8 Å². The maximum atomic E-state index is 12.8. The van der Waals surface area contributed by atoms with E-state index in [-0.39, 0.29) is 5.91 Å². The Morgan fingerprint density at radius 3 is 2.56 bits per heavy atom. The molecule has 0 atom stereocenters. The van der Waals surface area contributed by atoms with Crippen LogP contribution < -0.4 is 11.1 Å². The lowest BCUT2D eigenvalue weighted by Gasteiger charge is -2.12. The minimum atomic E-state index is -0.240. The molecule has 32 heavy (non-hydrogen) atoms. The summed E-state index contributed by atoms with van der Waals surface area (Å²) in [6.45, 7) is 0.398. The average Bonchev–Trinajstić information content (AvgIpc) is 3.33. The summed E-state index contributed by atoms with van der Waals surface area (Å²) in [6.07, 6.45) is 5.56. The average molecular weight is 424 g/mol. The summed E-state index contributed by atoms with van der Waals surface area (Å²) in [5, 5.41) is 4.03. The molecule has 0 saturated carbocycles. The normalized spacial score (nSPS) is 12.2. The molecule has 160 valence electrons. The number of nitrogens with zero attached hydrogens (tertiary/aromatic N) is 2. The Bertz CT molecular complexity index is 1270. The van der Waals surface area contributed by atoms with Gasteiger partial charge in [-0.15, -0.1) is 0 Å². The second-order valence-corrected chi connectivity index (χ2v) is 7.39. The van der Waals surface area contributed by atoms with Gasteiger partial charge in [-0.05, 0) is 34.4 Å². The Morgan fingerprint density at radius 1 is 1.06 bits per heavy atom. The number of hydrogen-bond acceptors (Lipinski definition) is 4. The van der Waals surface area contributed by atoms with Crippen molar-refractivity contribution >= 4 is 22.7 Å². The number of nitrogens with two attached hydrogens (primary N) is 1. The highest BCUT2D eigenvalue weighted by atomic mass is 16.1. The van der Waals surface area contributed by atoms with Crippen LogP contribution in [0.4, 0.5) is 0 Å². The third-order valence-corrected chi connectivity index (χ3v) is 5.38. The Balaban J connectivity index is 1.42. The van der Waals surface area contributed by atoms with Crippen LogP contribution in [0.15, 0.2) is 95.9 Å². The van der Waals surface area contributed by atoms with Crippen molar-refractivity contribution in [3.63, 3.8) is 0 Å². The molecule has 6 heteroatoms. The SMILES string of the molecule is CN=C(Cc1ccccc1)C(=CN)C(=O)NCc1ccc(-c2ccnc3[nH]ccc23)cc1. The summed E-state index contributed by atoms with van der Waals surface area (Å²) in [6, 6.07) is 22.0. The van der Waals surface area contributed by atoms with Crippen LogP contribution in [0, 0.1) is 0 Å². The van der Waals surface area contributed by atoms with Gasteiger partial charge in [-0.3, -0.25) is 9.79 Å². The van der Waals surface area contributed by atoms with Gasteiger partial charge in [0.15, 0.2) is 0 Å². The van der Waals surface area contributed by atoms with Gasteiger partial charge in [0.1, 0.15) is 5.65 Å². The van der Waals surface area contributed by atoms with E-state index in [1.807, 2.05) is 60.8 Å². The van der Waals surface area contributed by atoms with Crippen molar-refractivity contribution in [3.05, 3.63) is 102 Å². The van der Waals surface area contributed by atoms with Gasteiger partial charge < -0.3 is 16.0 Å². The maximum absolute atomic E-state index is 12.8. The van der Waals surface area contributed by atoms with E-state index >= 15 is 0 Å². The predicted octanol–water partition coefficient (Wildman–Crippen LogP) is 4.00. The molecule has 0 saturated heterocycles. The van der Waals surface area contributed by atoms with Crippen molar-refractivity contribution in [2.24, 2.45) is 10.7 Å². The van der Waals surface area contributed by atoms with Crippen LogP contribution in [0.25, 0.3) is 22.2 Å². The Kier molecular flexibility index (Phi) is 6.41. The molecule has 4 aromatic rings. The van der Waals surface area contributed by atoms with E-state index < -0.39 is 0 Å². The molecule has 2 aromatic heterocycles. The van der Waals surface area contributed by atoms with E-state index in [1.165, 1.54) is 6.20 Å². The Morgan fingerprint density at radius 2 is 1.84 bits per heavy atom. The zero-order chi connectivity index (χ0) is 22.3. The smallest absolute Gasteiger partial charge is 0.254 e. The maximum Gasteiger partial charge on any atom is 0.254 e. The summed E-state index contributed by atoms with van der Waals surface area (Å²) in [5.74, 6) is -0.240. The van der Waals surface area contributed by atoms with Crippen LogP contribution in [0.5, 0.6) is 0 Å². The van der Waals surface area contributed by atoms with Crippen molar-refractivity contribution in [2.75, 3.05) is 7.05 Å². The molecule has 1 amide bonds. The molecule has 4 rings (SSSR count). The third kappa shape index (κ3) is 4.59. The van der Waals surface area contributed by atoms with Crippen molar-refractivity contribution in [2.45, 2.75) is 13.0 Å². The topological polar surface area (TPSA) is 96.2 Å². The summed E-state index contributed by atoms with van der Waals surface area (Å²) in [7, 11) is 1.67. The molecule has 0 aliphatic rings. The van der Waals surface area contributed by atoms with Gasteiger partial charge in [-0.25, -0.2) is 4.98 Å². The van der Waals surface area contributed by atoms with Crippen molar-refractivity contribution < 1.29 is 4.79 Å². The highest BCUT2D eigenvalue weighted by molar-refractivity contribution is 6.22. The van der Waals surface area contributed by atoms with Crippen LogP contribution in [0.2, 0.25) is 0 Å². The third-order valence-electron chi connectivity index (χ3n) is 5.38. The number of nitrogens with one attached hydrogen (secondary N) is 2. The molecule has 0 aliphatic carbocycles. The van der Waals surface area contributed by atoms with Crippen LogP contribution in [-0.4, -0.2) is 28.6 Å². The quantitative estimate of drug-likeness (QED) is 0.310. The lowest BCUT2D eigenvalue weighted by molar-refractivity contribution is -0.117. The number of carbonyl (C=O) groups is 1. The molecule has 0 radical (unpaired) electrons. The second kappa shape index (κ2) is 9.75. The number of benzene rings is 2. The van der Waals surface area contributed by atoms with Gasteiger partial charge in [0.25, 0.3) is 5.91 Å². The minimum Gasteiger partial charge on any atom is -0.404 e. The number of pyridine rings is 1. The number of carbonyl (C=O) groups excluding carboxylic acids is 1. The number of rotatable bonds is 7. The van der Waals surface area contributed by atoms with Gasteiger partial charge in [-0.2, -0.15) is 0 Å². The van der Waals surface area contributed by atoms with Crippen LogP contribution >= 0.6 is 0 Å². The summed E-state index contributed by atoms with van der Waals surface area (Å²) >= 11 is 0. The first-order chi connectivity index (χ1) is 15.7. The fourth-order valence-electron chi connectivity index (χ4n) is 3.68. The van der Waals surface area contributed by atoms with E-state index in [1.54, 1.807) is 13.2 Å². The van der Waals surface area contributed by atoms with Gasteiger partial charge in [0.2, 0.25) is 0 Å². The predicted molar refractivity (Wildman–Crippen MR) is 129 cm³/mol. The Hall–Kier alpha value is -4.19. The molecule has 0 unspecified atom stereocenters. The van der Waals surface area contributed by atoms with Crippen molar-refractivity contribution in [1.82, 2.24) is 15.3 Å². The fourth-order valence-corrected chi connectivity index (χ4v) is 3.68. The fraction of sp³-hybridized carbons (Fsp3) is 0.115. The largest absolute Gasteiger partial charge is 0.404 e. The lowest BCUT2D eigenvalue weighted by atomic mass is 10.0. The highest BCUT2D eigenvalue weighted by Crippen LogP contribution is 2.27. The Labute approximate surface area is 186 Å². The van der Waals surface area contributed by atoms with Crippen LogP contribution in [0.1, 0.15) is 11.1 Å². The molecule has 6 nitrogen and oxygen atoms in total. The number of H-pyrrole nitrogens is 1. The summed E-state index contributed by atoms with van der Waals surface area (Å²) in [4.78, 5) is 24.6. The minimum absolute atomic E-state index is 0.240. The van der Waals surface area contributed by atoms with E-state index in [4.69, 9.17) is 5.73 Å². The number of amides is 1. The van der Waals surface area contributed by atoms with Gasteiger partial charge in [0, 0.05) is 44.0 Å². The number of aromatic amines is 1. The van der Waals surface area contributed by atoms with E-state index in [0.29, 0.717) is 24.3 Å². The van der Waals surface area contributed by atoms with Gasteiger partial charge in [0.05, 0.1) is 11.3 Å². The van der Waals surface area contributed by atoms with Crippen molar-refractivity contribution in [1.29, 1.82) is 0 Å².